The molecule has 2 nitrogen and oxygen atoms in total. The molecular formula is C17H20N2S. The zero-order valence-electron chi connectivity index (χ0n) is 11.8. The summed E-state index contributed by atoms with van der Waals surface area (Å²) in [7, 11) is 1.91. The summed E-state index contributed by atoms with van der Waals surface area (Å²) >= 11 is 1.76. The Labute approximate surface area is 124 Å². The first-order chi connectivity index (χ1) is 9.75. The molecule has 0 spiro atoms. The molecule has 3 heteroatoms. The van der Waals surface area contributed by atoms with Gasteiger partial charge in [-0.2, -0.15) is 0 Å². The maximum atomic E-state index is 5.99. The van der Waals surface area contributed by atoms with E-state index in [2.05, 4.69) is 47.9 Å². The first-order valence-electron chi connectivity index (χ1n) is 7.08. The minimum Gasteiger partial charge on any atom is -0.314 e. The summed E-state index contributed by atoms with van der Waals surface area (Å²) in [4.78, 5) is 1.28. The fraction of sp³-hybridized carbons (Fsp3) is 0.294. The molecule has 0 aliphatic heterocycles. The molecule has 0 atom stereocenters. The Morgan fingerprint density at radius 3 is 2.65 bits per heavy atom. The third-order valence-electron chi connectivity index (χ3n) is 4.00. The molecule has 1 saturated carbocycles. The van der Waals surface area contributed by atoms with Crippen molar-refractivity contribution < 1.29 is 0 Å². The average Bonchev–Trinajstić information content (AvgIpc) is 2.88. The van der Waals surface area contributed by atoms with E-state index in [4.69, 9.17) is 5.84 Å². The van der Waals surface area contributed by atoms with Crippen molar-refractivity contribution in [3.05, 3.63) is 51.7 Å². The predicted octanol–water partition coefficient (Wildman–Crippen LogP) is 4.50. The van der Waals surface area contributed by atoms with E-state index in [0.29, 0.717) is 5.92 Å². The lowest BCUT2D eigenvalue weighted by atomic mass is 9.78. The molecule has 1 aliphatic rings. The van der Waals surface area contributed by atoms with E-state index >= 15 is 0 Å². The summed E-state index contributed by atoms with van der Waals surface area (Å²) in [5, 5.41) is 3.82. The standard InChI is InChI=1S/C17H20N2S/c1-19(18)17-9-3-8-15(13-5-2-6-13)16(17)11-10-14-7-4-12-20-14/h3-4,7-13H,2,5-6,18H2,1H3/b11-10+. The molecule has 0 saturated heterocycles. The second-order valence-electron chi connectivity index (χ2n) is 5.37. The van der Waals surface area contributed by atoms with Gasteiger partial charge in [0.1, 0.15) is 0 Å². The molecule has 0 bridgehead atoms. The first-order valence-corrected chi connectivity index (χ1v) is 7.96. The van der Waals surface area contributed by atoms with E-state index in [1.54, 1.807) is 16.3 Å². The van der Waals surface area contributed by atoms with E-state index in [1.165, 1.54) is 35.3 Å². The molecule has 1 fully saturated rings. The van der Waals surface area contributed by atoms with Crippen molar-refractivity contribution in [3.63, 3.8) is 0 Å². The minimum atomic E-state index is 0.706. The van der Waals surface area contributed by atoms with E-state index in [-0.39, 0.29) is 0 Å². The Balaban J connectivity index is 2.00. The van der Waals surface area contributed by atoms with Crippen LogP contribution in [0.15, 0.2) is 35.7 Å². The molecule has 0 amide bonds. The molecule has 1 aromatic heterocycles. The molecular weight excluding hydrogens is 264 g/mol. The summed E-state index contributed by atoms with van der Waals surface area (Å²) in [5.41, 5.74) is 3.82. The topological polar surface area (TPSA) is 29.3 Å². The lowest BCUT2D eigenvalue weighted by Crippen LogP contribution is -2.26. The van der Waals surface area contributed by atoms with Gasteiger partial charge >= 0.3 is 0 Å². The van der Waals surface area contributed by atoms with Gasteiger partial charge in [-0.25, -0.2) is 5.84 Å². The lowest BCUT2D eigenvalue weighted by molar-refractivity contribution is 0.419. The van der Waals surface area contributed by atoms with Crippen LogP contribution in [0.4, 0.5) is 5.69 Å². The predicted molar refractivity (Wildman–Crippen MR) is 88.9 cm³/mol. The minimum absolute atomic E-state index is 0.706. The second-order valence-corrected chi connectivity index (χ2v) is 6.35. The normalized spacial score (nSPS) is 15.5. The van der Waals surface area contributed by atoms with Crippen molar-refractivity contribution in [1.82, 2.24) is 0 Å². The molecule has 1 heterocycles. The highest BCUT2D eigenvalue weighted by Crippen LogP contribution is 2.40. The van der Waals surface area contributed by atoms with E-state index in [9.17, 15) is 0 Å². The van der Waals surface area contributed by atoms with Gasteiger partial charge in [0.15, 0.2) is 0 Å². The van der Waals surface area contributed by atoms with Crippen molar-refractivity contribution in [2.45, 2.75) is 25.2 Å². The van der Waals surface area contributed by atoms with Crippen LogP contribution in [0.25, 0.3) is 12.2 Å². The first kappa shape index (κ1) is 13.4. The number of hydrogen-bond acceptors (Lipinski definition) is 3. The summed E-state index contributed by atoms with van der Waals surface area (Å²) in [6.07, 6.45) is 8.37. The summed E-state index contributed by atoms with van der Waals surface area (Å²) in [5.74, 6) is 6.70. The number of rotatable bonds is 4. The molecule has 0 radical (unpaired) electrons. The monoisotopic (exact) mass is 284 g/mol. The van der Waals surface area contributed by atoms with Crippen molar-refractivity contribution >= 4 is 29.2 Å². The third-order valence-corrected chi connectivity index (χ3v) is 4.84. The van der Waals surface area contributed by atoms with Gasteiger partial charge in [-0.3, -0.25) is 0 Å². The quantitative estimate of drug-likeness (QED) is 0.662. The Morgan fingerprint density at radius 1 is 1.20 bits per heavy atom. The van der Waals surface area contributed by atoms with Crippen LogP contribution in [0.5, 0.6) is 0 Å². The van der Waals surface area contributed by atoms with Crippen LogP contribution >= 0.6 is 11.3 Å². The van der Waals surface area contributed by atoms with Gasteiger partial charge < -0.3 is 5.01 Å². The third kappa shape index (κ3) is 2.65. The van der Waals surface area contributed by atoms with Crippen molar-refractivity contribution in [3.8, 4) is 0 Å². The maximum Gasteiger partial charge on any atom is 0.0589 e. The van der Waals surface area contributed by atoms with Crippen LogP contribution in [0.1, 0.15) is 41.2 Å². The number of hydrogen-bond donors (Lipinski definition) is 1. The molecule has 2 N–H and O–H groups in total. The Kier molecular flexibility index (Phi) is 3.90. The number of nitrogens with two attached hydrogens (primary N) is 1. The van der Waals surface area contributed by atoms with E-state index in [0.717, 1.165) is 5.69 Å². The van der Waals surface area contributed by atoms with Crippen molar-refractivity contribution in [2.24, 2.45) is 5.84 Å². The van der Waals surface area contributed by atoms with Crippen LogP contribution in [0.2, 0.25) is 0 Å². The Bertz CT molecular complexity index is 595. The van der Waals surface area contributed by atoms with E-state index < -0.39 is 0 Å². The number of thiophene rings is 1. The van der Waals surface area contributed by atoms with Crippen LogP contribution in [0, 0.1) is 0 Å². The highest BCUT2D eigenvalue weighted by atomic mass is 32.1. The van der Waals surface area contributed by atoms with E-state index in [1.807, 2.05) is 7.05 Å². The van der Waals surface area contributed by atoms with Crippen LogP contribution < -0.4 is 10.9 Å². The zero-order valence-corrected chi connectivity index (χ0v) is 12.6. The Hall–Kier alpha value is -1.58. The smallest absolute Gasteiger partial charge is 0.0589 e. The number of hydrazine groups is 1. The average molecular weight is 284 g/mol. The molecule has 2 aromatic rings. The largest absolute Gasteiger partial charge is 0.314 e. The van der Waals surface area contributed by atoms with Gasteiger partial charge in [-0.1, -0.05) is 30.7 Å². The summed E-state index contributed by atoms with van der Waals surface area (Å²) < 4.78 is 0. The molecule has 1 aliphatic carbocycles. The SMILES string of the molecule is CN(N)c1cccc(C2CCC2)c1/C=C/c1cccs1. The molecule has 0 unspecified atom stereocenters. The number of anilines is 1. The fourth-order valence-corrected chi connectivity index (χ4v) is 3.30. The van der Waals surface area contributed by atoms with Gasteiger partial charge in [-0.15, -0.1) is 11.3 Å². The van der Waals surface area contributed by atoms with Gasteiger partial charge in [-0.05, 0) is 47.9 Å². The van der Waals surface area contributed by atoms with Gasteiger partial charge in [0.25, 0.3) is 0 Å². The number of benzene rings is 1. The summed E-state index contributed by atoms with van der Waals surface area (Å²) in [6.45, 7) is 0. The zero-order chi connectivity index (χ0) is 13.9. The van der Waals surface area contributed by atoms with Crippen molar-refractivity contribution in [1.29, 1.82) is 0 Å². The van der Waals surface area contributed by atoms with Gasteiger partial charge in [0.05, 0.1) is 5.69 Å². The van der Waals surface area contributed by atoms with Crippen molar-refractivity contribution in [2.75, 3.05) is 12.1 Å². The highest BCUT2D eigenvalue weighted by molar-refractivity contribution is 7.10. The Morgan fingerprint density at radius 2 is 2.05 bits per heavy atom. The summed E-state index contributed by atoms with van der Waals surface area (Å²) in [6, 6.07) is 10.7. The fourth-order valence-electron chi connectivity index (χ4n) is 2.69. The van der Waals surface area contributed by atoms with Crippen LogP contribution in [-0.4, -0.2) is 7.05 Å². The maximum absolute atomic E-state index is 5.99. The van der Waals surface area contributed by atoms with Gasteiger partial charge in [0, 0.05) is 17.5 Å². The lowest BCUT2D eigenvalue weighted by Gasteiger charge is -2.29. The number of nitrogens with zero attached hydrogens (tertiary/aromatic N) is 1. The molecule has 104 valence electrons. The van der Waals surface area contributed by atoms with Crippen LogP contribution in [-0.2, 0) is 0 Å². The molecule has 3 rings (SSSR count). The van der Waals surface area contributed by atoms with Gasteiger partial charge in [0.2, 0.25) is 0 Å². The highest BCUT2D eigenvalue weighted by Gasteiger charge is 2.22. The molecule has 1 aromatic carbocycles. The van der Waals surface area contributed by atoms with Crippen LogP contribution in [0.3, 0.4) is 0 Å². The second kappa shape index (κ2) is 5.81. The molecule has 20 heavy (non-hydrogen) atoms.